The molecular weight excluding hydrogens is 382 g/mol. The molecule has 0 saturated carbocycles. The van der Waals surface area contributed by atoms with Crippen LogP contribution in [0.3, 0.4) is 0 Å². The Morgan fingerprint density at radius 3 is 2.41 bits per heavy atom. The maximum Gasteiger partial charge on any atom is 0.123 e. The van der Waals surface area contributed by atoms with Gasteiger partial charge in [0.2, 0.25) is 0 Å². The van der Waals surface area contributed by atoms with E-state index in [4.69, 9.17) is 23.2 Å². The normalized spacial score (nSPS) is 12.7. The summed E-state index contributed by atoms with van der Waals surface area (Å²) in [7, 11) is 0. The predicted molar refractivity (Wildman–Crippen MR) is 110 cm³/mol. The topological polar surface area (TPSA) is 35.8 Å². The standard InChI is InChI=1S/C22H21Cl2FN2/c1-4-16(11-18-5-8-19(23)12-21(18)24)15(3)27-22(14(2)13-26)17-6-9-20(25)10-7-17/h5-10,12,16,22,27H,2-4,11H2,1H3. The zero-order valence-electron chi connectivity index (χ0n) is 15.1. The zero-order valence-corrected chi connectivity index (χ0v) is 16.6. The number of benzene rings is 2. The SMILES string of the molecule is C=C(NC(C(=C)C#N)c1ccc(F)cc1)C(CC)Cc1ccc(Cl)cc1Cl. The van der Waals surface area contributed by atoms with Crippen LogP contribution in [0.5, 0.6) is 0 Å². The molecule has 2 atom stereocenters. The van der Waals surface area contributed by atoms with E-state index in [1.807, 2.05) is 12.1 Å². The molecule has 5 heteroatoms. The fourth-order valence-electron chi connectivity index (χ4n) is 2.86. The average molecular weight is 403 g/mol. The van der Waals surface area contributed by atoms with Gasteiger partial charge in [-0.25, -0.2) is 4.39 Å². The third-order valence-corrected chi connectivity index (χ3v) is 5.08. The molecule has 2 aromatic rings. The maximum absolute atomic E-state index is 13.2. The highest BCUT2D eigenvalue weighted by atomic mass is 35.5. The van der Waals surface area contributed by atoms with Crippen LogP contribution in [-0.2, 0) is 6.42 Å². The Hall–Kier alpha value is -2.28. The Balaban J connectivity index is 2.20. The number of hydrogen-bond donors (Lipinski definition) is 1. The van der Waals surface area contributed by atoms with Crippen molar-refractivity contribution in [3.63, 3.8) is 0 Å². The van der Waals surface area contributed by atoms with E-state index in [0.29, 0.717) is 22.0 Å². The summed E-state index contributed by atoms with van der Waals surface area (Å²) in [5.74, 6) is -0.235. The molecular formula is C22H21Cl2FN2. The highest BCUT2D eigenvalue weighted by Crippen LogP contribution is 2.29. The molecule has 2 rings (SSSR count). The second-order valence-electron chi connectivity index (χ2n) is 6.34. The number of halogens is 3. The van der Waals surface area contributed by atoms with Crippen molar-refractivity contribution in [1.82, 2.24) is 5.32 Å². The summed E-state index contributed by atoms with van der Waals surface area (Å²) < 4.78 is 13.2. The molecule has 0 bridgehead atoms. The Morgan fingerprint density at radius 2 is 1.85 bits per heavy atom. The first-order valence-corrected chi connectivity index (χ1v) is 9.34. The molecule has 0 radical (unpaired) electrons. The van der Waals surface area contributed by atoms with Gasteiger partial charge in [-0.15, -0.1) is 0 Å². The van der Waals surface area contributed by atoms with Crippen LogP contribution in [0.2, 0.25) is 10.0 Å². The minimum atomic E-state index is -0.460. The van der Waals surface area contributed by atoms with Crippen molar-refractivity contribution >= 4 is 23.2 Å². The summed E-state index contributed by atoms with van der Waals surface area (Å²) in [6.45, 7) is 10.1. The van der Waals surface area contributed by atoms with Gasteiger partial charge < -0.3 is 5.32 Å². The molecule has 0 amide bonds. The number of nitrogens with zero attached hydrogens (tertiary/aromatic N) is 1. The number of hydrogen-bond acceptors (Lipinski definition) is 2. The van der Waals surface area contributed by atoms with E-state index in [0.717, 1.165) is 23.2 Å². The number of nitrogens with one attached hydrogen (secondary N) is 1. The summed E-state index contributed by atoms with van der Waals surface area (Å²) in [6.07, 6.45) is 1.52. The summed E-state index contributed by atoms with van der Waals surface area (Å²) >= 11 is 12.3. The second-order valence-corrected chi connectivity index (χ2v) is 7.18. The van der Waals surface area contributed by atoms with Crippen LogP contribution >= 0.6 is 23.2 Å². The van der Waals surface area contributed by atoms with Gasteiger partial charge in [-0.05, 0) is 48.2 Å². The van der Waals surface area contributed by atoms with Crippen molar-refractivity contribution in [1.29, 1.82) is 5.26 Å². The van der Waals surface area contributed by atoms with Crippen molar-refractivity contribution in [2.75, 3.05) is 0 Å². The summed E-state index contributed by atoms with van der Waals surface area (Å²) in [5, 5.41) is 13.8. The Kier molecular flexibility index (Phi) is 7.47. The summed E-state index contributed by atoms with van der Waals surface area (Å²) in [6, 6.07) is 13.1. The van der Waals surface area contributed by atoms with Crippen LogP contribution in [-0.4, -0.2) is 0 Å². The van der Waals surface area contributed by atoms with Crippen LogP contribution in [0.1, 0.15) is 30.5 Å². The minimum Gasteiger partial charge on any atom is -0.377 e. The van der Waals surface area contributed by atoms with E-state index in [2.05, 4.69) is 31.5 Å². The molecule has 0 heterocycles. The van der Waals surface area contributed by atoms with Crippen LogP contribution in [0.25, 0.3) is 0 Å². The molecule has 0 fully saturated rings. The fraction of sp³-hybridized carbons (Fsp3) is 0.227. The van der Waals surface area contributed by atoms with E-state index >= 15 is 0 Å². The Labute approximate surface area is 169 Å². The lowest BCUT2D eigenvalue weighted by atomic mass is 9.92. The minimum absolute atomic E-state index is 0.0955. The lowest BCUT2D eigenvalue weighted by Gasteiger charge is -2.26. The zero-order chi connectivity index (χ0) is 20.0. The monoisotopic (exact) mass is 402 g/mol. The molecule has 2 aromatic carbocycles. The smallest absolute Gasteiger partial charge is 0.123 e. The lowest BCUT2D eigenvalue weighted by Crippen LogP contribution is -2.26. The molecule has 0 saturated heterocycles. The van der Waals surface area contributed by atoms with Crippen molar-refractivity contribution in [2.45, 2.75) is 25.8 Å². The lowest BCUT2D eigenvalue weighted by molar-refractivity contribution is 0.519. The number of rotatable bonds is 8. The van der Waals surface area contributed by atoms with Crippen molar-refractivity contribution in [3.8, 4) is 6.07 Å². The van der Waals surface area contributed by atoms with Gasteiger partial charge in [-0.2, -0.15) is 5.26 Å². The van der Waals surface area contributed by atoms with Crippen LogP contribution in [0, 0.1) is 23.1 Å². The summed E-state index contributed by atoms with van der Waals surface area (Å²) in [4.78, 5) is 0. The molecule has 0 spiro atoms. The first kappa shape index (κ1) is 21.0. The van der Waals surface area contributed by atoms with Gasteiger partial charge in [0.15, 0.2) is 0 Å². The quantitative estimate of drug-likeness (QED) is 0.503. The van der Waals surface area contributed by atoms with E-state index in [1.165, 1.54) is 12.1 Å². The predicted octanol–water partition coefficient (Wildman–Crippen LogP) is 6.63. The van der Waals surface area contributed by atoms with Gasteiger partial charge >= 0.3 is 0 Å². The van der Waals surface area contributed by atoms with Crippen LogP contribution in [0.4, 0.5) is 4.39 Å². The number of allylic oxidation sites excluding steroid dienone is 1. The van der Waals surface area contributed by atoms with E-state index in [-0.39, 0.29) is 11.7 Å². The Morgan fingerprint density at radius 1 is 1.19 bits per heavy atom. The molecule has 1 N–H and O–H groups in total. The highest BCUT2D eigenvalue weighted by Gasteiger charge is 2.20. The van der Waals surface area contributed by atoms with Gasteiger partial charge in [0, 0.05) is 27.2 Å². The fourth-order valence-corrected chi connectivity index (χ4v) is 3.35. The van der Waals surface area contributed by atoms with Gasteiger partial charge in [-0.3, -0.25) is 0 Å². The first-order valence-electron chi connectivity index (χ1n) is 8.59. The van der Waals surface area contributed by atoms with Gasteiger partial charge in [0.25, 0.3) is 0 Å². The van der Waals surface area contributed by atoms with Gasteiger partial charge in [-0.1, -0.05) is 61.5 Å². The van der Waals surface area contributed by atoms with Gasteiger partial charge in [0.05, 0.1) is 12.1 Å². The third kappa shape index (κ3) is 5.60. The van der Waals surface area contributed by atoms with Crippen molar-refractivity contribution < 1.29 is 4.39 Å². The maximum atomic E-state index is 13.2. The first-order chi connectivity index (χ1) is 12.8. The molecule has 0 aliphatic heterocycles. The second kappa shape index (κ2) is 9.60. The average Bonchev–Trinajstić information content (AvgIpc) is 2.65. The van der Waals surface area contributed by atoms with Crippen molar-refractivity contribution in [3.05, 3.63) is 93.9 Å². The van der Waals surface area contributed by atoms with Crippen molar-refractivity contribution in [2.24, 2.45) is 5.92 Å². The van der Waals surface area contributed by atoms with E-state index in [9.17, 15) is 9.65 Å². The number of nitriles is 1. The van der Waals surface area contributed by atoms with E-state index < -0.39 is 6.04 Å². The molecule has 0 aliphatic carbocycles. The Bertz CT molecular complexity index is 869. The molecule has 140 valence electrons. The van der Waals surface area contributed by atoms with E-state index in [1.54, 1.807) is 18.2 Å². The molecule has 2 nitrogen and oxygen atoms in total. The summed E-state index contributed by atoms with van der Waals surface area (Å²) in [5.41, 5.74) is 2.84. The largest absolute Gasteiger partial charge is 0.377 e. The highest BCUT2D eigenvalue weighted by molar-refractivity contribution is 6.35. The molecule has 0 aliphatic rings. The molecule has 2 unspecified atom stereocenters. The van der Waals surface area contributed by atoms with Crippen LogP contribution < -0.4 is 5.32 Å². The molecule has 27 heavy (non-hydrogen) atoms. The third-order valence-electron chi connectivity index (χ3n) is 4.49. The van der Waals surface area contributed by atoms with Gasteiger partial charge in [0.1, 0.15) is 5.82 Å². The molecule has 0 aromatic heterocycles. The van der Waals surface area contributed by atoms with Crippen LogP contribution in [0.15, 0.2) is 66.9 Å².